The van der Waals surface area contributed by atoms with Gasteiger partial charge in [-0.1, -0.05) is 43.7 Å². The molecule has 21 heavy (non-hydrogen) atoms. The van der Waals surface area contributed by atoms with Gasteiger partial charge in [-0.2, -0.15) is 0 Å². The van der Waals surface area contributed by atoms with Gasteiger partial charge >= 0.3 is 7.82 Å². The summed E-state index contributed by atoms with van der Waals surface area (Å²) >= 11 is 0. The summed E-state index contributed by atoms with van der Waals surface area (Å²) < 4.78 is 28.0. The van der Waals surface area contributed by atoms with Crippen molar-refractivity contribution in [3.8, 4) is 0 Å². The topological polar surface area (TPSA) is 61.8 Å². The quantitative estimate of drug-likeness (QED) is 0.477. The second kappa shape index (κ2) is 9.11. The Morgan fingerprint density at radius 3 is 2.14 bits per heavy atom. The Balaban J connectivity index is 2.90. The maximum Gasteiger partial charge on any atom is 0.475 e. The average molecular weight is 314 g/mol. The molecule has 0 aliphatic carbocycles. The van der Waals surface area contributed by atoms with Gasteiger partial charge in [0.05, 0.1) is 13.2 Å². The molecule has 6 heteroatoms. The highest BCUT2D eigenvalue weighted by Gasteiger charge is 2.33. The molecule has 0 N–H and O–H groups in total. The number of rotatable bonds is 10. The molecule has 0 amide bonds. The summed E-state index contributed by atoms with van der Waals surface area (Å²) in [5.74, 6) is -0.211. The third-order valence-electron chi connectivity index (χ3n) is 2.73. The number of ketones is 1. The number of carbonyl (C=O) groups excluding carboxylic acids is 1. The van der Waals surface area contributed by atoms with E-state index in [4.69, 9.17) is 13.6 Å². The van der Waals surface area contributed by atoms with Crippen molar-refractivity contribution in [2.45, 2.75) is 39.7 Å². The maximum atomic E-state index is 12.5. The summed E-state index contributed by atoms with van der Waals surface area (Å²) in [5, 5.41) is 0. The molecule has 118 valence electrons. The fourth-order valence-electron chi connectivity index (χ4n) is 1.85. The minimum Gasteiger partial charge on any atom is -0.291 e. The Hall–Kier alpha value is -1.00. The van der Waals surface area contributed by atoms with Crippen LogP contribution in [-0.2, 0) is 18.1 Å². The molecule has 1 unspecified atom stereocenters. The first kappa shape index (κ1) is 18.1. The lowest BCUT2D eigenvalue weighted by atomic mass is 10.0. The maximum absolute atomic E-state index is 12.5. The monoisotopic (exact) mass is 314 g/mol. The summed E-state index contributed by atoms with van der Waals surface area (Å²) in [4.78, 5) is 12.5. The number of Topliss-reactive ketones (excluding diaryl/α,β-unsaturated/α-hetero) is 1. The summed E-state index contributed by atoms with van der Waals surface area (Å²) in [7, 11) is -3.70. The lowest BCUT2D eigenvalue weighted by Crippen LogP contribution is -2.24. The number of hydrogen-bond acceptors (Lipinski definition) is 5. The zero-order valence-corrected chi connectivity index (χ0v) is 13.7. The highest BCUT2D eigenvalue weighted by molar-refractivity contribution is 7.48. The molecule has 0 aromatic heterocycles. The Kier molecular flexibility index (Phi) is 7.83. The van der Waals surface area contributed by atoms with Crippen LogP contribution in [-0.4, -0.2) is 25.1 Å². The fourth-order valence-corrected chi connectivity index (χ4v) is 3.19. The standard InChI is InChI=1S/C15H23O5P/c1-4-10-14(15(16)13-11-8-7-9-12-13)20-21(17,18-5-2)19-6-3/h7-9,11-12,14H,4-6,10H2,1-3H3. The van der Waals surface area contributed by atoms with Crippen LogP contribution >= 0.6 is 7.82 Å². The molecule has 0 aliphatic rings. The first-order chi connectivity index (χ1) is 10.1. The molecule has 0 radical (unpaired) electrons. The molecule has 0 saturated carbocycles. The van der Waals surface area contributed by atoms with E-state index in [1.807, 2.05) is 13.0 Å². The van der Waals surface area contributed by atoms with Gasteiger partial charge in [0, 0.05) is 5.56 Å². The van der Waals surface area contributed by atoms with E-state index in [9.17, 15) is 9.36 Å². The molecule has 0 fully saturated rings. The van der Waals surface area contributed by atoms with E-state index in [1.54, 1.807) is 38.1 Å². The summed E-state index contributed by atoms with van der Waals surface area (Å²) in [6.45, 7) is 5.71. The van der Waals surface area contributed by atoms with Crippen LogP contribution in [0.1, 0.15) is 44.0 Å². The minimum atomic E-state index is -3.70. The molecule has 5 nitrogen and oxygen atoms in total. The van der Waals surface area contributed by atoms with Gasteiger partial charge < -0.3 is 0 Å². The van der Waals surface area contributed by atoms with Crippen molar-refractivity contribution >= 4 is 13.6 Å². The molecule has 0 aliphatic heterocycles. The molecule has 0 saturated heterocycles. The van der Waals surface area contributed by atoms with Crippen LogP contribution in [0.3, 0.4) is 0 Å². The summed E-state index contributed by atoms with van der Waals surface area (Å²) in [6, 6.07) is 8.81. The highest BCUT2D eigenvalue weighted by atomic mass is 31.2. The van der Waals surface area contributed by atoms with E-state index >= 15 is 0 Å². The van der Waals surface area contributed by atoms with E-state index in [0.717, 1.165) is 6.42 Å². The molecule has 0 heterocycles. The van der Waals surface area contributed by atoms with E-state index in [-0.39, 0.29) is 19.0 Å². The van der Waals surface area contributed by atoms with Gasteiger partial charge in [0.2, 0.25) is 0 Å². The van der Waals surface area contributed by atoms with Crippen LogP contribution in [0.5, 0.6) is 0 Å². The number of phosphoric acid groups is 1. The van der Waals surface area contributed by atoms with Crippen LogP contribution in [0.15, 0.2) is 30.3 Å². The third-order valence-corrected chi connectivity index (χ3v) is 4.39. The zero-order chi connectivity index (χ0) is 15.7. The zero-order valence-electron chi connectivity index (χ0n) is 12.8. The van der Waals surface area contributed by atoms with Crippen molar-refractivity contribution < 1.29 is 22.9 Å². The molecule has 1 aromatic carbocycles. The number of carbonyl (C=O) groups is 1. The molecular formula is C15H23O5P. The lowest BCUT2D eigenvalue weighted by Gasteiger charge is -2.22. The Labute approximate surface area is 126 Å². The molecule has 0 spiro atoms. The lowest BCUT2D eigenvalue weighted by molar-refractivity contribution is 0.0573. The third kappa shape index (κ3) is 5.71. The predicted octanol–water partition coefficient (Wildman–Crippen LogP) is 4.24. The molecule has 1 rings (SSSR count). The Morgan fingerprint density at radius 1 is 1.10 bits per heavy atom. The van der Waals surface area contributed by atoms with Crippen molar-refractivity contribution in [2.75, 3.05) is 13.2 Å². The van der Waals surface area contributed by atoms with Crippen LogP contribution < -0.4 is 0 Å². The van der Waals surface area contributed by atoms with Gasteiger partial charge in [0.1, 0.15) is 6.10 Å². The van der Waals surface area contributed by atoms with E-state index in [2.05, 4.69) is 0 Å². The fraction of sp³-hybridized carbons (Fsp3) is 0.533. The number of phosphoric ester groups is 1. The van der Waals surface area contributed by atoms with Crippen LogP contribution in [0.4, 0.5) is 0 Å². The van der Waals surface area contributed by atoms with Gasteiger partial charge in [-0.15, -0.1) is 0 Å². The molecule has 0 bridgehead atoms. The van der Waals surface area contributed by atoms with Gasteiger partial charge in [-0.25, -0.2) is 4.57 Å². The van der Waals surface area contributed by atoms with Gasteiger partial charge in [0.25, 0.3) is 0 Å². The summed E-state index contributed by atoms with van der Waals surface area (Å²) in [6.07, 6.45) is 0.348. The van der Waals surface area contributed by atoms with Crippen LogP contribution in [0, 0.1) is 0 Å². The summed E-state index contributed by atoms with van der Waals surface area (Å²) in [5.41, 5.74) is 0.524. The molecule has 1 atom stereocenters. The molecule has 1 aromatic rings. The van der Waals surface area contributed by atoms with E-state index in [0.29, 0.717) is 12.0 Å². The van der Waals surface area contributed by atoms with Crippen LogP contribution in [0.25, 0.3) is 0 Å². The first-order valence-electron chi connectivity index (χ1n) is 7.23. The van der Waals surface area contributed by atoms with E-state index < -0.39 is 13.9 Å². The average Bonchev–Trinajstić information content (AvgIpc) is 2.47. The first-order valence-corrected chi connectivity index (χ1v) is 8.69. The van der Waals surface area contributed by atoms with Crippen molar-refractivity contribution in [2.24, 2.45) is 0 Å². The van der Waals surface area contributed by atoms with Gasteiger partial charge in [-0.3, -0.25) is 18.4 Å². The predicted molar refractivity (Wildman–Crippen MR) is 81.4 cm³/mol. The SMILES string of the molecule is CCCC(OP(=O)(OCC)OCC)C(=O)c1ccccc1. The smallest absolute Gasteiger partial charge is 0.291 e. The molecular weight excluding hydrogens is 291 g/mol. The van der Waals surface area contributed by atoms with Crippen molar-refractivity contribution in [1.29, 1.82) is 0 Å². The van der Waals surface area contributed by atoms with Gasteiger partial charge in [-0.05, 0) is 20.3 Å². The van der Waals surface area contributed by atoms with E-state index in [1.165, 1.54) is 0 Å². The van der Waals surface area contributed by atoms with Crippen molar-refractivity contribution in [3.05, 3.63) is 35.9 Å². The second-order valence-corrected chi connectivity index (χ2v) is 6.02. The van der Waals surface area contributed by atoms with Crippen molar-refractivity contribution in [1.82, 2.24) is 0 Å². The second-order valence-electron chi connectivity index (χ2n) is 4.40. The number of benzene rings is 1. The van der Waals surface area contributed by atoms with Crippen molar-refractivity contribution in [3.63, 3.8) is 0 Å². The Morgan fingerprint density at radius 2 is 1.67 bits per heavy atom. The number of hydrogen-bond donors (Lipinski definition) is 0. The normalized spacial score (nSPS) is 13.1. The Bertz CT molecular complexity index is 464. The highest BCUT2D eigenvalue weighted by Crippen LogP contribution is 2.51. The minimum absolute atomic E-state index is 0.190. The van der Waals surface area contributed by atoms with Gasteiger partial charge in [0.15, 0.2) is 5.78 Å². The van der Waals surface area contributed by atoms with Crippen LogP contribution in [0.2, 0.25) is 0 Å². The largest absolute Gasteiger partial charge is 0.475 e.